The number of methoxy groups -OCH3 is 1. The first-order valence-corrected chi connectivity index (χ1v) is 6.81. The zero-order valence-electron chi connectivity index (χ0n) is 10.8. The van der Waals surface area contributed by atoms with Gasteiger partial charge in [0.1, 0.15) is 5.75 Å². The zero-order valence-corrected chi connectivity index (χ0v) is 12.4. The van der Waals surface area contributed by atoms with Gasteiger partial charge in [-0.3, -0.25) is 4.39 Å². The van der Waals surface area contributed by atoms with Crippen molar-refractivity contribution < 1.29 is 13.9 Å². The van der Waals surface area contributed by atoms with Crippen molar-refractivity contribution in [2.24, 2.45) is 0 Å². The van der Waals surface area contributed by atoms with E-state index in [0.29, 0.717) is 48.5 Å². The third kappa shape index (κ3) is 5.95. The van der Waals surface area contributed by atoms with Crippen LogP contribution in [0.3, 0.4) is 0 Å². The van der Waals surface area contributed by atoms with Crippen LogP contribution in [0.1, 0.15) is 12.0 Å². The molecule has 0 spiro atoms. The molecule has 0 fully saturated rings. The van der Waals surface area contributed by atoms with E-state index in [2.05, 4.69) is 5.32 Å². The second kappa shape index (κ2) is 9.37. The fourth-order valence-electron chi connectivity index (χ4n) is 1.53. The molecule has 0 atom stereocenters. The molecule has 0 unspecified atom stereocenters. The average Bonchev–Trinajstić information content (AvgIpc) is 2.37. The van der Waals surface area contributed by atoms with E-state index in [1.807, 2.05) is 0 Å². The van der Waals surface area contributed by atoms with Gasteiger partial charge in [-0.05, 0) is 12.1 Å². The van der Waals surface area contributed by atoms with E-state index in [-0.39, 0.29) is 0 Å². The SMILES string of the molecule is COCCNCc1cc(Cl)cc(Cl)c1OCCCF. The van der Waals surface area contributed by atoms with Gasteiger partial charge >= 0.3 is 0 Å². The van der Waals surface area contributed by atoms with Crippen LogP contribution < -0.4 is 10.1 Å². The van der Waals surface area contributed by atoms with E-state index in [4.69, 9.17) is 32.7 Å². The Hall–Kier alpha value is -0.550. The number of hydrogen-bond donors (Lipinski definition) is 1. The monoisotopic (exact) mass is 309 g/mol. The fourth-order valence-corrected chi connectivity index (χ4v) is 2.12. The number of benzene rings is 1. The molecular formula is C13H18Cl2FNO2. The number of nitrogens with one attached hydrogen (secondary N) is 1. The topological polar surface area (TPSA) is 30.5 Å². The number of halogens is 3. The third-order valence-corrected chi connectivity index (χ3v) is 2.91. The minimum absolute atomic E-state index is 0.295. The Kier molecular flexibility index (Phi) is 8.14. The Bertz CT molecular complexity index is 391. The summed E-state index contributed by atoms with van der Waals surface area (Å²) in [6.45, 7) is 1.78. The lowest BCUT2D eigenvalue weighted by molar-refractivity contribution is 0.199. The molecule has 1 aromatic carbocycles. The van der Waals surface area contributed by atoms with Crippen molar-refractivity contribution in [3.8, 4) is 5.75 Å². The Balaban J connectivity index is 2.69. The summed E-state index contributed by atoms with van der Waals surface area (Å²) < 4.78 is 22.6. The summed E-state index contributed by atoms with van der Waals surface area (Å²) in [5, 5.41) is 4.18. The molecule has 19 heavy (non-hydrogen) atoms. The first-order valence-electron chi connectivity index (χ1n) is 6.05. The minimum Gasteiger partial charge on any atom is -0.492 e. The Labute approximate surface area is 123 Å². The molecule has 0 aliphatic carbocycles. The highest BCUT2D eigenvalue weighted by Crippen LogP contribution is 2.32. The van der Waals surface area contributed by atoms with Crippen molar-refractivity contribution in [1.29, 1.82) is 0 Å². The summed E-state index contributed by atoms with van der Waals surface area (Å²) in [6.07, 6.45) is 0.343. The van der Waals surface area contributed by atoms with Gasteiger partial charge in [-0.2, -0.15) is 0 Å². The van der Waals surface area contributed by atoms with Gasteiger partial charge in [-0.1, -0.05) is 23.2 Å². The van der Waals surface area contributed by atoms with E-state index in [9.17, 15) is 4.39 Å². The quantitative estimate of drug-likeness (QED) is 0.709. The van der Waals surface area contributed by atoms with Crippen LogP contribution in [0.15, 0.2) is 12.1 Å². The van der Waals surface area contributed by atoms with Gasteiger partial charge < -0.3 is 14.8 Å². The van der Waals surface area contributed by atoms with E-state index < -0.39 is 6.67 Å². The predicted octanol–water partition coefficient (Wildman–Crippen LogP) is 3.47. The van der Waals surface area contributed by atoms with Crippen molar-refractivity contribution in [2.45, 2.75) is 13.0 Å². The molecule has 0 saturated heterocycles. The van der Waals surface area contributed by atoms with Crippen molar-refractivity contribution in [1.82, 2.24) is 5.32 Å². The van der Waals surface area contributed by atoms with Crippen LogP contribution in [0.2, 0.25) is 10.0 Å². The fraction of sp³-hybridized carbons (Fsp3) is 0.538. The van der Waals surface area contributed by atoms with Crippen molar-refractivity contribution in [2.75, 3.05) is 33.5 Å². The van der Waals surface area contributed by atoms with E-state index in [1.54, 1.807) is 19.2 Å². The summed E-state index contributed by atoms with van der Waals surface area (Å²) in [5.41, 5.74) is 0.854. The summed E-state index contributed by atoms with van der Waals surface area (Å²) in [4.78, 5) is 0. The molecule has 0 aliphatic heterocycles. The van der Waals surface area contributed by atoms with Crippen molar-refractivity contribution in [3.63, 3.8) is 0 Å². The highest BCUT2D eigenvalue weighted by Gasteiger charge is 2.10. The second-order valence-electron chi connectivity index (χ2n) is 3.94. The second-order valence-corrected chi connectivity index (χ2v) is 4.78. The van der Waals surface area contributed by atoms with Gasteiger partial charge in [-0.25, -0.2) is 0 Å². The van der Waals surface area contributed by atoms with Crippen LogP contribution in [0.5, 0.6) is 5.75 Å². The van der Waals surface area contributed by atoms with Gasteiger partial charge in [0, 0.05) is 37.2 Å². The Morgan fingerprint density at radius 3 is 2.74 bits per heavy atom. The maximum atomic E-state index is 12.1. The molecular weight excluding hydrogens is 292 g/mol. The predicted molar refractivity (Wildman–Crippen MR) is 76.1 cm³/mol. The van der Waals surface area contributed by atoms with Crippen molar-refractivity contribution >= 4 is 23.2 Å². The van der Waals surface area contributed by atoms with E-state index in [0.717, 1.165) is 5.56 Å². The van der Waals surface area contributed by atoms with E-state index >= 15 is 0 Å². The van der Waals surface area contributed by atoms with Crippen molar-refractivity contribution in [3.05, 3.63) is 27.7 Å². The van der Waals surface area contributed by atoms with Crippen LogP contribution in [-0.2, 0) is 11.3 Å². The summed E-state index contributed by atoms with van der Waals surface area (Å²) in [6, 6.07) is 3.41. The van der Waals surface area contributed by atoms with E-state index in [1.165, 1.54) is 0 Å². The largest absolute Gasteiger partial charge is 0.492 e. The molecule has 3 nitrogen and oxygen atoms in total. The highest BCUT2D eigenvalue weighted by molar-refractivity contribution is 6.35. The maximum absolute atomic E-state index is 12.1. The minimum atomic E-state index is -0.410. The molecule has 1 N–H and O–H groups in total. The zero-order chi connectivity index (χ0) is 14.1. The molecule has 1 aromatic rings. The molecule has 6 heteroatoms. The smallest absolute Gasteiger partial charge is 0.142 e. The lowest BCUT2D eigenvalue weighted by Crippen LogP contribution is -2.19. The van der Waals surface area contributed by atoms with Gasteiger partial charge in [0.25, 0.3) is 0 Å². The number of alkyl halides is 1. The Morgan fingerprint density at radius 1 is 1.26 bits per heavy atom. The highest BCUT2D eigenvalue weighted by atomic mass is 35.5. The first kappa shape index (κ1) is 16.5. The Morgan fingerprint density at radius 2 is 2.05 bits per heavy atom. The molecule has 1 rings (SSSR count). The molecule has 0 amide bonds. The van der Waals surface area contributed by atoms with Crippen LogP contribution in [0.25, 0.3) is 0 Å². The maximum Gasteiger partial charge on any atom is 0.142 e. The van der Waals surface area contributed by atoms with Gasteiger partial charge in [-0.15, -0.1) is 0 Å². The van der Waals surface area contributed by atoms with Gasteiger partial charge in [0.15, 0.2) is 0 Å². The molecule has 0 aliphatic rings. The first-order chi connectivity index (χ1) is 9.19. The molecule has 0 radical (unpaired) electrons. The molecule has 0 bridgehead atoms. The lowest BCUT2D eigenvalue weighted by atomic mass is 10.2. The summed E-state index contributed by atoms with van der Waals surface area (Å²) in [5.74, 6) is 0.560. The van der Waals surface area contributed by atoms with Crippen LogP contribution in [0, 0.1) is 0 Å². The average molecular weight is 310 g/mol. The third-order valence-electron chi connectivity index (χ3n) is 2.41. The van der Waals surface area contributed by atoms with Crippen LogP contribution >= 0.6 is 23.2 Å². The molecule has 0 heterocycles. The molecule has 0 aromatic heterocycles. The number of hydrogen-bond acceptors (Lipinski definition) is 3. The lowest BCUT2D eigenvalue weighted by Gasteiger charge is -2.14. The number of ether oxygens (including phenoxy) is 2. The summed E-state index contributed by atoms with van der Waals surface area (Å²) in [7, 11) is 1.64. The molecule has 0 saturated carbocycles. The van der Waals surface area contributed by atoms with Crippen LogP contribution in [-0.4, -0.2) is 33.5 Å². The number of rotatable bonds is 9. The normalized spacial score (nSPS) is 10.7. The standard InChI is InChI=1S/C13H18Cl2FNO2/c1-18-6-4-17-9-10-7-11(14)8-12(15)13(10)19-5-2-3-16/h7-8,17H,2-6,9H2,1H3. The summed E-state index contributed by atoms with van der Waals surface area (Å²) >= 11 is 12.1. The van der Waals surface area contributed by atoms with Gasteiger partial charge in [0.2, 0.25) is 0 Å². The van der Waals surface area contributed by atoms with Crippen LogP contribution in [0.4, 0.5) is 4.39 Å². The van der Waals surface area contributed by atoms with Gasteiger partial charge in [0.05, 0.1) is 24.9 Å². The molecule has 108 valence electrons.